The summed E-state index contributed by atoms with van der Waals surface area (Å²) in [5.41, 5.74) is 1.17. The molecule has 19 heavy (non-hydrogen) atoms. The van der Waals surface area contributed by atoms with Crippen molar-refractivity contribution in [1.82, 2.24) is 15.1 Å². The molecule has 1 heterocycles. The zero-order valence-electron chi connectivity index (χ0n) is 12.8. The molecule has 4 nitrogen and oxygen atoms in total. The smallest absolute Gasteiger partial charge is 0.161 e. The maximum absolute atomic E-state index is 5.46. The van der Waals surface area contributed by atoms with Crippen LogP contribution >= 0.6 is 11.8 Å². The first-order chi connectivity index (χ1) is 9.13. The molecule has 1 aromatic rings. The molecule has 0 radical (unpaired) electrons. The zero-order valence-corrected chi connectivity index (χ0v) is 13.6. The van der Waals surface area contributed by atoms with Gasteiger partial charge in [-0.05, 0) is 25.1 Å². The van der Waals surface area contributed by atoms with Crippen LogP contribution in [0.25, 0.3) is 0 Å². The second kappa shape index (κ2) is 8.48. The molecule has 0 amide bonds. The number of hydrogen-bond acceptors (Lipinski definition) is 4. The van der Waals surface area contributed by atoms with Crippen molar-refractivity contribution in [3.8, 4) is 5.75 Å². The lowest BCUT2D eigenvalue weighted by molar-refractivity contribution is 0.396. The maximum atomic E-state index is 5.46. The normalized spacial score (nSPS) is 12.9. The number of rotatable bonds is 9. The molecule has 0 bridgehead atoms. The summed E-state index contributed by atoms with van der Waals surface area (Å²) in [5.74, 6) is 1.93. The van der Waals surface area contributed by atoms with Gasteiger partial charge in [-0.15, -0.1) is 0 Å². The predicted molar refractivity (Wildman–Crippen MR) is 83.1 cm³/mol. The average molecular weight is 285 g/mol. The van der Waals surface area contributed by atoms with E-state index < -0.39 is 0 Å². The highest BCUT2D eigenvalue weighted by Gasteiger charge is 2.21. The molecule has 0 spiro atoms. The van der Waals surface area contributed by atoms with Crippen LogP contribution in [0.4, 0.5) is 0 Å². The van der Waals surface area contributed by atoms with Gasteiger partial charge < -0.3 is 10.1 Å². The van der Waals surface area contributed by atoms with E-state index in [9.17, 15) is 0 Å². The van der Waals surface area contributed by atoms with Crippen molar-refractivity contribution in [3.63, 3.8) is 0 Å². The van der Waals surface area contributed by atoms with E-state index in [0.717, 1.165) is 31.0 Å². The summed E-state index contributed by atoms with van der Waals surface area (Å²) < 4.78 is 7.50. The largest absolute Gasteiger partial charge is 0.493 e. The number of thioether (sulfide) groups is 1. The lowest BCUT2D eigenvalue weighted by Gasteiger charge is -2.21. The van der Waals surface area contributed by atoms with Crippen LogP contribution < -0.4 is 10.1 Å². The van der Waals surface area contributed by atoms with Gasteiger partial charge in [0, 0.05) is 12.3 Å². The maximum Gasteiger partial charge on any atom is 0.161 e. The fourth-order valence-corrected chi connectivity index (χ4v) is 2.83. The Morgan fingerprint density at radius 2 is 2.16 bits per heavy atom. The third-order valence-corrected chi connectivity index (χ3v) is 4.12. The van der Waals surface area contributed by atoms with Gasteiger partial charge in [-0.1, -0.05) is 20.8 Å². The molecule has 0 aromatic carbocycles. The minimum absolute atomic E-state index is 0.296. The van der Waals surface area contributed by atoms with E-state index in [2.05, 4.69) is 38.1 Å². The van der Waals surface area contributed by atoms with Crippen LogP contribution in [0, 0.1) is 0 Å². The van der Waals surface area contributed by atoms with E-state index in [-0.39, 0.29) is 0 Å². The predicted octanol–water partition coefficient (Wildman–Crippen LogP) is 3.09. The molecule has 1 aromatic heterocycles. The SMILES string of the molecule is CCCNC(CSC(C)C)c1c(OC)cnn1CC. The minimum Gasteiger partial charge on any atom is -0.493 e. The van der Waals surface area contributed by atoms with Crippen molar-refractivity contribution < 1.29 is 4.74 Å². The Balaban J connectivity index is 2.90. The molecule has 1 unspecified atom stereocenters. The molecule has 1 atom stereocenters. The summed E-state index contributed by atoms with van der Waals surface area (Å²) in [5, 5.41) is 8.65. The van der Waals surface area contributed by atoms with Crippen molar-refractivity contribution in [2.75, 3.05) is 19.4 Å². The van der Waals surface area contributed by atoms with Crippen LogP contribution in [0.15, 0.2) is 6.20 Å². The number of methoxy groups -OCH3 is 1. The Morgan fingerprint density at radius 3 is 2.68 bits per heavy atom. The fraction of sp³-hybridized carbons (Fsp3) is 0.786. The van der Waals surface area contributed by atoms with Crippen LogP contribution in [-0.2, 0) is 6.54 Å². The van der Waals surface area contributed by atoms with Crippen LogP contribution in [-0.4, -0.2) is 34.4 Å². The van der Waals surface area contributed by atoms with Crippen LogP contribution in [0.3, 0.4) is 0 Å². The first-order valence-electron chi connectivity index (χ1n) is 7.08. The molecule has 0 aliphatic heterocycles. The number of aryl methyl sites for hydroxylation is 1. The van der Waals surface area contributed by atoms with Gasteiger partial charge in [-0.3, -0.25) is 4.68 Å². The second-order valence-electron chi connectivity index (χ2n) is 4.80. The van der Waals surface area contributed by atoms with E-state index in [1.807, 2.05) is 22.6 Å². The third-order valence-electron chi connectivity index (χ3n) is 2.93. The highest BCUT2D eigenvalue weighted by atomic mass is 32.2. The summed E-state index contributed by atoms with van der Waals surface area (Å²) in [6, 6.07) is 0.296. The first kappa shape index (κ1) is 16.4. The Morgan fingerprint density at radius 1 is 1.42 bits per heavy atom. The van der Waals surface area contributed by atoms with Gasteiger partial charge in [0.2, 0.25) is 0 Å². The van der Waals surface area contributed by atoms with E-state index in [1.165, 1.54) is 5.69 Å². The van der Waals surface area contributed by atoms with E-state index in [4.69, 9.17) is 4.74 Å². The molecule has 0 saturated carbocycles. The van der Waals surface area contributed by atoms with Crippen LogP contribution in [0.5, 0.6) is 5.75 Å². The number of nitrogens with one attached hydrogen (secondary N) is 1. The van der Waals surface area contributed by atoms with Crippen LogP contribution in [0.2, 0.25) is 0 Å². The fourth-order valence-electron chi connectivity index (χ4n) is 1.98. The summed E-state index contributed by atoms with van der Waals surface area (Å²) in [6.45, 7) is 10.7. The minimum atomic E-state index is 0.296. The number of ether oxygens (including phenoxy) is 1. The van der Waals surface area contributed by atoms with Gasteiger partial charge >= 0.3 is 0 Å². The van der Waals surface area contributed by atoms with Crippen molar-refractivity contribution in [1.29, 1.82) is 0 Å². The first-order valence-corrected chi connectivity index (χ1v) is 8.13. The summed E-state index contributed by atoms with van der Waals surface area (Å²) in [4.78, 5) is 0. The Hall–Kier alpha value is -0.680. The topological polar surface area (TPSA) is 39.1 Å². The molecular formula is C14H27N3OS. The third kappa shape index (κ3) is 4.73. The van der Waals surface area contributed by atoms with Gasteiger partial charge in [0.05, 0.1) is 25.0 Å². The molecule has 0 aliphatic carbocycles. The Labute approximate surface area is 121 Å². The Bertz CT molecular complexity index is 344. The number of aromatic nitrogens is 2. The highest BCUT2D eigenvalue weighted by molar-refractivity contribution is 7.99. The average Bonchev–Trinajstić information content (AvgIpc) is 2.81. The molecule has 0 fully saturated rings. The van der Waals surface area contributed by atoms with Gasteiger partial charge in [0.15, 0.2) is 5.75 Å². The zero-order chi connectivity index (χ0) is 14.3. The number of nitrogens with zero attached hydrogens (tertiary/aromatic N) is 2. The molecule has 0 saturated heterocycles. The molecular weight excluding hydrogens is 258 g/mol. The van der Waals surface area contributed by atoms with E-state index in [0.29, 0.717) is 11.3 Å². The van der Waals surface area contributed by atoms with E-state index in [1.54, 1.807) is 7.11 Å². The molecule has 0 aliphatic rings. The van der Waals surface area contributed by atoms with Crippen molar-refractivity contribution in [2.45, 2.75) is 52.0 Å². The molecule has 110 valence electrons. The number of hydrogen-bond donors (Lipinski definition) is 1. The van der Waals surface area contributed by atoms with Crippen molar-refractivity contribution in [3.05, 3.63) is 11.9 Å². The Kier molecular flexibility index (Phi) is 7.31. The van der Waals surface area contributed by atoms with Gasteiger partial charge in [-0.2, -0.15) is 16.9 Å². The van der Waals surface area contributed by atoms with Gasteiger partial charge in [-0.25, -0.2) is 0 Å². The quantitative estimate of drug-likeness (QED) is 0.757. The molecule has 1 N–H and O–H groups in total. The van der Waals surface area contributed by atoms with Gasteiger partial charge in [0.25, 0.3) is 0 Å². The highest BCUT2D eigenvalue weighted by Crippen LogP contribution is 2.28. The summed E-state index contributed by atoms with van der Waals surface area (Å²) in [7, 11) is 1.72. The monoisotopic (exact) mass is 285 g/mol. The standard InChI is InChI=1S/C14H27N3OS/c1-6-8-15-12(10-19-11(3)4)14-13(18-5)9-16-17(14)7-2/h9,11-12,15H,6-8,10H2,1-5H3. The van der Waals surface area contributed by atoms with Gasteiger partial charge in [0.1, 0.15) is 0 Å². The van der Waals surface area contributed by atoms with E-state index >= 15 is 0 Å². The molecule has 1 rings (SSSR count). The lowest BCUT2D eigenvalue weighted by atomic mass is 10.2. The lowest BCUT2D eigenvalue weighted by Crippen LogP contribution is -2.27. The van der Waals surface area contributed by atoms with Crippen molar-refractivity contribution >= 4 is 11.8 Å². The van der Waals surface area contributed by atoms with Crippen LogP contribution in [0.1, 0.15) is 45.9 Å². The molecule has 5 heteroatoms. The summed E-state index contributed by atoms with van der Waals surface area (Å²) >= 11 is 1.97. The summed E-state index contributed by atoms with van der Waals surface area (Å²) in [6.07, 6.45) is 2.95. The second-order valence-corrected chi connectivity index (χ2v) is 6.41. The van der Waals surface area contributed by atoms with Crippen molar-refractivity contribution in [2.24, 2.45) is 0 Å².